The molecule has 0 bridgehead atoms. The Bertz CT molecular complexity index is 806. The summed E-state index contributed by atoms with van der Waals surface area (Å²) in [5.41, 5.74) is 14.4. The molecule has 0 aromatic rings. The summed E-state index contributed by atoms with van der Waals surface area (Å²) in [5.74, 6) is 0.167. The van der Waals surface area contributed by atoms with E-state index in [2.05, 4.69) is 29.5 Å². The van der Waals surface area contributed by atoms with Gasteiger partial charge in [0, 0.05) is 25.8 Å². The monoisotopic (exact) mass is 746 g/mol. The Morgan fingerprint density at radius 1 is 1.04 bits per heavy atom. The van der Waals surface area contributed by atoms with Crippen LogP contribution < -0.4 is 27.8 Å². The average Bonchev–Trinajstić information content (AvgIpc) is 3.07. The van der Waals surface area contributed by atoms with Crippen molar-refractivity contribution >= 4 is 53.8 Å². The van der Waals surface area contributed by atoms with Crippen molar-refractivity contribution in [3.8, 4) is 0 Å². The molecule has 3 unspecified atom stereocenters. The SMILES string of the molecule is CCCSC.CCN.CN.CNCCOCCOC1O[C@@H](C)C(O)C[C@H]1O.CSCCC(C=O)NC(=O)CN(CC(N)=O)C(=O)CCC=O. The fourth-order valence-electron chi connectivity index (χ4n) is 3.40. The minimum absolute atomic E-state index is 0.000397. The molecule has 18 heteroatoms. The summed E-state index contributed by atoms with van der Waals surface area (Å²) < 4.78 is 16.0. The first-order valence-corrected chi connectivity index (χ1v) is 19.1. The van der Waals surface area contributed by atoms with Crippen molar-refractivity contribution in [3.05, 3.63) is 0 Å². The Kier molecular flexibility index (Phi) is 44.6. The third kappa shape index (κ3) is 35.7. The molecule has 1 heterocycles. The predicted octanol–water partition coefficient (Wildman–Crippen LogP) is -0.889. The van der Waals surface area contributed by atoms with Gasteiger partial charge in [-0.05, 0) is 64.4 Å². The Labute approximate surface area is 302 Å². The topological polar surface area (TPSA) is 259 Å². The van der Waals surface area contributed by atoms with Gasteiger partial charge >= 0.3 is 0 Å². The quantitative estimate of drug-likeness (QED) is 0.0555. The Morgan fingerprint density at radius 3 is 2.12 bits per heavy atom. The fraction of sp³-hybridized carbons (Fsp3) is 0.839. The van der Waals surface area contributed by atoms with Gasteiger partial charge < -0.3 is 66.7 Å². The first-order valence-electron chi connectivity index (χ1n) is 16.3. The number of nitrogens with zero attached hydrogens (tertiary/aromatic N) is 1. The third-order valence-corrected chi connectivity index (χ3v) is 7.22. The average molecular weight is 747 g/mol. The van der Waals surface area contributed by atoms with Gasteiger partial charge in [0.15, 0.2) is 6.29 Å². The number of nitrogens with two attached hydrogens (primary N) is 3. The molecular weight excluding hydrogens is 681 g/mol. The van der Waals surface area contributed by atoms with Crippen molar-refractivity contribution in [1.82, 2.24) is 15.5 Å². The van der Waals surface area contributed by atoms with Crippen LogP contribution >= 0.6 is 23.5 Å². The maximum Gasteiger partial charge on any atom is 0.240 e. The van der Waals surface area contributed by atoms with Crippen molar-refractivity contribution in [2.45, 2.75) is 83.5 Å². The zero-order valence-corrected chi connectivity index (χ0v) is 32.2. The maximum absolute atomic E-state index is 11.9. The lowest BCUT2D eigenvalue weighted by molar-refractivity contribution is -0.263. The van der Waals surface area contributed by atoms with Crippen LogP contribution in [0.3, 0.4) is 0 Å². The molecule has 49 heavy (non-hydrogen) atoms. The second-order valence-corrected chi connectivity index (χ2v) is 12.1. The molecule has 3 amide bonds. The van der Waals surface area contributed by atoms with E-state index in [1.807, 2.05) is 32.0 Å². The highest BCUT2D eigenvalue weighted by molar-refractivity contribution is 7.98. The fourth-order valence-corrected chi connectivity index (χ4v) is 4.30. The number of hydrogen-bond donors (Lipinski definition) is 7. The molecule has 0 aliphatic carbocycles. The number of rotatable bonds is 21. The summed E-state index contributed by atoms with van der Waals surface area (Å²) in [7, 11) is 3.36. The van der Waals surface area contributed by atoms with Crippen molar-refractivity contribution < 1.29 is 48.4 Å². The zero-order valence-electron chi connectivity index (χ0n) is 30.6. The van der Waals surface area contributed by atoms with Crippen LogP contribution in [0.1, 0.15) is 52.9 Å². The van der Waals surface area contributed by atoms with Gasteiger partial charge in [0.25, 0.3) is 0 Å². The highest BCUT2D eigenvalue weighted by atomic mass is 32.2. The van der Waals surface area contributed by atoms with Gasteiger partial charge in [-0.1, -0.05) is 13.8 Å². The number of thioether (sulfide) groups is 2. The standard InChI is InChI=1S/C13H21N3O5S.C11H23NO5.C4H10S.C2H7N.CH5N/c1-22-6-4-10(9-18)15-12(20)8-16(7-11(14)19)13(21)3-2-5-17;1-8-9(13)7-10(14)11(17-8)16-6-5-15-4-3-12-2;1-3-4-5-2;1-2-3;1-2/h5,9-10H,2-4,6-8H2,1H3,(H2,14,19)(H,15,20);8-14H,3-7H2,1-2H3;3-4H2,1-2H3;2-3H2,1H3;2H2,1H3/t;8-,9?,10+,11?;;;/m.0.../s1. The van der Waals surface area contributed by atoms with Gasteiger partial charge in [0.2, 0.25) is 17.7 Å². The van der Waals surface area contributed by atoms with E-state index in [9.17, 15) is 34.2 Å². The smallest absolute Gasteiger partial charge is 0.240 e. The van der Waals surface area contributed by atoms with Crippen molar-refractivity contribution in [1.29, 1.82) is 0 Å². The van der Waals surface area contributed by atoms with Crippen molar-refractivity contribution in [2.24, 2.45) is 17.2 Å². The molecule has 5 atom stereocenters. The van der Waals surface area contributed by atoms with Crippen LogP contribution in [0.15, 0.2) is 0 Å². The Hall–Kier alpha value is -1.87. The van der Waals surface area contributed by atoms with E-state index < -0.39 is 48.8 Å². The van der Waals surface area contributed by atoms with Crippen LogP contribution in [0, 0.1) is 0 Å². The van der Waals surface area contributed by atoms with Crippen LogP contribution in [0.25, 0.3) is 0 Å². The maximum atomic E-state index is 11.9. The Balaban J connectivity index is -0.000000330. The molecule has 1 aliphatic rings. The number of aliphatic hydroxyl groups excluding tert-OH is 2. The van der Waals surface area contributed by atoms with E-state index in [0.717, 1.165) is 18.0 Å². The number of ether oxygens (including phenoxy) is 3. The number of nitrogens with one attached hydrogen (secondary N) is 2. The zero-order chi connectivity index (χ0) is 38.5. The highest BCUT2D eigenvalue weighted by Crippen LogP contribution is 2.20. The van der Waals surface area contributed by atoms with Crippen LogP contribution in [0.5, 0.6) is 0 Å². The normalized spacial score (nSPS) is 18.2. The molecule has 0 aromatic heterocycles. The number of aldehydes is 2. The van der Waals surface area contributed by atoms with Crippen molar-refractivity contribution in [2.75, 3.05) is 84.1 Å². The van der Waals surface area contributed by atoms with Gasteiger partial charge in [-0.25, -0.2) is 0 Å². The van der Waals surface area contributed by atoms with Crippen LogP contribution in [0.4, 0.5) is 0 Å². The first kappa shape index (κ1) is 53.9. The molecule has 1 rings (SSSR count). The molecule has 1 aliphatic heterocycles. The lowest BCUT2D eigenvalue weighted by Gasteiger charge is -2.35. The van der Waals surface area contributed by atoms with Crippen LogP contribution in [-0.4, -0.2) is 160 Å². The molecule has 10 N–H and O–H groups in total. The predicted molar refractivity (Wildman–Crippen MR) is 197 cm³/mol. The molecule has 0 spiro atoms. The minimum atomic E-state index is -0.779. The van der Waals surface area contributed by atoms with E-state index in [4.69, 9.17) is 25.7 Å². The number of amides is 3. The largest absolute Gasteiger partial charge is 0.390 e. The Morgan fingerprint density at radius 2 is 1.65 bits per heavy atom. The second-order valence-electron chi connectivity index (χ2n) is 10.1. The lowest BCUT2D eigenvalue weighted by atomic mass is 10.0. The minimum Gasteiger partial charge on any atom is -0.390 e. The van der Waals surface area contributed by atoms with E-state index in [1.54, 1.807) is 6.92 Å². The van der Waals surface area contributed by atoms with E-state index in [0.29, 0.717) is 44.6 Å². The van der Waals surface area contributed by atoms with Crippen LogP contribution in [-0.2, 0) is 38.2 Å². The number of primary amides is 1. The molecular formula is C31H66N6O10S2. The molecule has 16 nitrogen and oxygen atoms in total. The number of aliphatic hydroxyl groups is 2. The first-order chi connectivity index (χ1) is 23.4. The second kappa shape index (κ2) is 40.6. The van der Waals surface area contributed by atoms with E-state index in [-0.39, 0.29) is 31.9 Å². The van der Waals surface area contributed by atoms with Gasteiger partial charge in [-0.2, -0.15) is 23.5 Å². The number of likely N-dealkylation sites (N-methyl/N-ethyl adjacent to an activating group) is 1. The molecule has 0 saturated carbocycles. The summed E-state index contributed by atoms with van der Waals surface area (Å²) in [6.07, 6.45) is 4.79. The van der Waals surface area contributed by atoms with Gasteiger partial charge in [0.1, 0.15) is 25.2 Å². The van der Waals surface area contributed by atoms with E-state index >= 15 is 0 Å². The number of carbonyl (C=O) groups excluding carboxylic acids is 5. The highest BCUT2D eigenvalue weighted by Gasteiger charge is 2.34. The molecule has 1 fully saturated rings. The summed E-state index contributed by atoms with van der Waals surface area (Å²) in [6.45, 7) is 8.06. The van der Waals surface area contributed by atoms with Crippen LogP contribution in [0.2, 0.25) is 0 Å². The van der Waals surface area contributed by atoms with Gasteiger partial charge in [0.05, 0.1) is 44.6 Å². The third-order valence-electron chi connectivity index (χ3n) is 5.76. The van der Waals surface area contributed by atoms with E-state index in [1.165, 1.54) is 31.0 Å². The van der Waals surface area contributed by atoms with Crippen molar-refractivity contribution in [3.63, 3.8) is 0 Å². The van der Waals surface area contributed by atoms with Gasteiger partial charge in [-0.15, -0.1) is 0 Å². The molecule has 292 valence electrons. The number of hydrogen-bond acceptors (Lipinski definition) is 15. The molecule has 0 aromatic carbocycles. The lowest BCUT2D eigenvalue weighted by Crippen LogP contribution is -2.47. The molecule has 1 saturated heterocycles. The summed E-state index contributed by atoms with van der Waals surface area (Å²) in [6, 6.07) is -0.638. The summed E-state index contributed by atoms with van der Waals surface area (Å²) in [4.78, 5) is 56.7. The summed E-state index contributed by atoms with van der Waals surface area (Å²) in [5, 5.41) is 24.5. The molecule has 0 radical (unpaired) electrons. The van der Waals surface area contributed by atoms with Gasteiger partial charge in [-0.3, -0.25) is 14.4 Å². The summed E-state index contributed by atoms with van der Waals surface area (Å²) >= 11 is 3.44. The number of carbonyl (C=O) groups is 5.